The minimum absolute atomic E-state index is 0.0358. The van der Waals surface area contributed by atoms with Crippen LogP contribution in [-0.4, -0.2) is 165 Å². The summed E-state index contributed by atoms with van der Waals surface area (Å²) < 4.78 is 73.9. The molecule has 0 aliphatic carbocycles. The molecule has 2 saturated heterocycles. The number of ether oxygens (including phenoxy) is 2. The number of likely N-dealkylation sites (N-methyl/N-ethyl adjacent to an activating group) is 1. The van der Waals surface area contributed by atoms with Crippen LogP contribution in [0.25, 0.3) is 0 Å². The first-order chi connectivity index (χ1) is 48.0. The van der Waals surface area contributed by atoms with Gasteiger partial charge in [-0.2, -0.15) is 9.13 Å². The first kappa shape index (κ1) is 76.1. The monoisotopic (exact) mass is 1420 g/mol. The Morgan fingerprint density at radius 2 is 1.03 bits per heavy atom. The van der Waals surface area contributed by atoms with Gasteiger partial charge >= 0.3 is 23.6 Å². The highest BCUT2D eigenvalue weighted by molar-refractivity contribution is 7.93. The van der Waals surface area contributed by atoms with Crippen LogP contribution in [0.3, 0.4) is 0 Å². The number of amides is 7. The molecule has 32 heteroatoms. The van der Waals surface area contributed by atoms with Crippen molar-refractivity contribution in [1.29, 1.82) is 0 Å². The Bertz CT molecular complexity index is 4060. The molecule has 4 aromatic carbocycles. The first-order valence-electron chi connectivity index (χ1n) is 33.0. The summed E-state index contributed by atoms with van der Waals surface area (Å²) >= 11 is 0. The van der Waals surface area contributed by atoms with E-state index in [1.165, 1.54) is 65.6 Å². The van der Waals surface area contributed by atoms with Crippen LogP contribution >= 0.6 is 0 Å². The molecule has 0 unspecified atom stereocenters. The second kappa shape index (κ2) is 37.5. The van der Waals surface area contributed by atoms with Crippen LogP contribution in [0, 0.1) is 27.7 Å². The molecule has 536 valence electrons. The highest BCUT2D eigenvalue weighted by Gasteiger charge is 2.27. The maximum atomic E-state index is 13.7. The number of rotatable bonds is 34. The number of hydrogen-bond donors (Lipinski definition) is 11. The zero-order chi connectivity index (χ0) is 71.6. The fourth-order valence-electron chi connectivity index (χ4n) is 10.9. The smallest absolute Gasteiger partial charge is 0.327 e. The lowest BCUT2D eigenvalue weighted by molar-refractivity contribution is -0.684. The number of sulfonamides is 2. The first-order valence-corrected chi connectivity index (χ1v) is 36.0. The van der Waals surface area contributed by atoms with E-state index in [9.17, 15) is 50.4 Å². The molecule has 6 aromatic rings. The number of pyridine rings is 2. The largest absolute Gasteiger partial charge is 0.379 e. The van der Waals surface area contributed by atoms with Gasteiger partial charge in [-0.1, -0.05) is 25.0 Å². The topological polar surface area (TPSA) is 365 Å². The second-order valence-electron chi connectivity index (χ2n) is 24.0. The third-order valence-electron chi connectivity index (χ3n) is 16.4. The fourth-order valence-corrected chi connectivity index (χ4v) is 13.5. The molecule has 0 radical (unpaired) electrons. The molecule has 0 spiro atoms. The normalized spacial score (nSPS) is 13.4. The molecular formula is C68H90N16O14S2+2. The van der Waals surface area contributed by atoms with Crippen molar-refractivity contribution in [2.75, 3.05) is 123 Å². The number of carbonyl (C=O) groups excluding carboxylic acids is 7. The minimum Gasteiger partial charge on any atom is -0.379 e. The van der Waals surface area contributed by atoms with Gasteiger partial charge < -0.3 is 35.6 Å². The Labute approximate surface area is 582 Å². The lowest BCUT2D eigenvalue weighted by Crippen LogP contribution is -2.50. The van der Waals surface area contributed by atoms with E-state index in [-0.39, 0.29) is 52.7 Å². The van der Waals surface area contributed by atoms with Gasteiger partial charge in [0.25, 0.3) is 37.8 Å². The Kier molecular flexibility index (Phi) is 28.5. The van der Waals surface area contributed by atoms with Crippen molar-refractivity contribution < 1.29 is 73.8 Å². The average molecular weight is 1420 g/mol. The van der Waals surface area contributed by atoms with Crippen molar-refractivity contribution in [3.05, 3.63) is 155 Å². The SMILES string of the molecule is CCN(CN1CCOCC1)C(=O)C(=O)NNc1ccc(NS(=O)(=O)c2ccc(C)c(NC(=O)C[n+]3cccc(CONCCCCCCNC(=O)c4ccc[n+](CC(=O)Nc5c(C)ccc(S(=O)(=O)Nc6ccc(NNC(=O)C(=O)NCCCN7CCOCC7)cc6)c5C)c4)c3)c2C)cc1. The number of carbonyl (C=O) groups is 7. The number of nitrogens with zero attached hydrogens (tertiary/aromatic N) is 5. The van der Waals surface area contributed by atoms with Crippen molar-refractivity contribution in [2.24, 2.45) is 0 Å². The molecule has 0 atom stereocenters. The Hall–Kier alpha value is -9.67. The zero-order valence-corrected chi connectivity index (χ0v) is 58.5. The molecule has 2 aliphatic rings. The summed E-state index contributed by atoms with van der Waals surface area (Å²) in [6.45, 7) is 16.7. The molecule has 30 nitrogen and oxygen atoms in total. The van der Waals surface area contributed by atoms with Gasteiger partial charge in [0.1, 0.15) is 5.56 Å². The number of benzene rings is 4. The summed E-state index contributed by atoms with van der Waals surface area (Å²) in [6, 6.07) is 25.2. The summed E-state index contributed by atoms with van der Waals surface area (Å²) in [5.41, 5.74) is 18.1. The van der Waals surface area contributed by atoms with Gasteiger partial charge in [-0.3, -0.25) is 79.3 Å². The van der Waals surface area contributed by atoms with E-state index in [0.29, 0.717) is 129 Å². The second-order valence-corrected chi connectivity index (χ2v) is 27.3. The lowest BCUT2D eigenvalue weighted by atomic mass is 10.1. The molecule has 8 rings (SSSR count). The number of hydrogen-bond acceptors (Lipinski definition) is 19. The molecule has 0 saturated carbocycles. The van der Waals surface area contributed by atoms with Crippen molar-refractivity contribution in [3.63, 3.8) is 0 Å². The molecule has 2 aliphatic heterocycles. The number of hydroxylamine groups is 1. The predicted octanol–water partition coefficient (Wildman–Crippen LogP) is 3.25. The van der Waals surface area contributed by atoms with Crippen molar-refractivity contribution >= 4 is 95.5 Å². The van der Waals surface area contributed by atoms with Gasteiger partial charge in [-0.05, 0) is 155 Å². The molecule has 2 fully saturated rings. The maximum absolute atomic E-state index is 13.7. The van der Waals surface area contributed by atoms with E-state index in [2.05, 4.69) is 62.8 Å². The predicted molar refractivity (Wildman–Crippen MR) is 374 cm³/mol. The summed E-state index contributed by atoms with van der Waals surface area (Å²) in [7, 11) is -8.29. The fraction of sp³-hybridized carbons (Fsp3) is 0.397. The summed E-state index contributed by atoms with van der Waals surface area (Å²) in [5, 5.41) is 11.3. The quantitative estimate of drug-likeness (QED) is 0.0120. The van der Waals surface area contributed by atoms with Crippen LogP contribution in [0.15, 0.2) is 132 Å². The Morgan fingerprint density at radius 1 is 0.540 bits per heavy atom. The number of aromatic nitrogens is 2. The standard InChI is InChI=1S/C68H88N16O14S2/c1-6-84(47-81-36-40-97-41-37-81)68(91)67(90)77-75-55-20-24-57(25-21-55)79-99(92,93)58-26-16-48(2)62(50(58)4)72-60(85)44-82-31-11-14-52(42-82)46-98-71-30-10-8-7-9-28-69-64(87)53-15-12-32-83(43-53)45-61(86)73-63-49(3)17-27-59(51(63)5)100(94,95)78-56-22-18-54(19-23-56)74-76-66(89)65(88)70-29-13-33-80-34-38-96-39-35-80/h11-12,14-27,31-32,42-43,71H,6-10,13,28-30,33-41,44-47H2,1-5H3,(H8-2,69,70,72,73,74,75,76,77,78,79,85,86,87,88,89,90,91)/p+2. The molecule has 11 N–H and O–H groups in total. The molecule has 2 aromatic heterocycles. The van der Waals surface area contributed by atoms with Crippen LogP contribution in [0.4, 0.5) is 34.1 Å². The van der Waals surface area contributed by atoms with E-state index in [4.69, 9.17) is 14.3 Å². The van der Waals surface area contributed by atoms with Gasteiger partial charge in [0.2, 0.25) is 13.1 Å². The van der Waals surface area contributed by atoms with Gasteiger partial charge in [-0.25, -0.2) is 22.3 Å². The third-order valence-corrected chi connectivity index (χ3v) is 19.4. The van der Waals surface area contributed by atoms with Crippen LogP contribution in [-0.2, 0) is 82.8 Å². The van der Waals surface area contributed by atoms with Gasteiger partial charge in [-0.15, -0.1) is 0 Å². The number of unbranched alkanes of at least 4 members (excludes halogenated alkanes) is 3. The number of hydrazine groups is 2. The van der Waals surface area contributed by atoms with Crippen molar-refractivity contribution in [1.82, 2.24) is 41.7 Å². The molecule has 100 heavy (non-hydrogen) atoms. The maximum Gasteiger partial charge on any atom is 0.327 e. The minimum atomic E-state index is -4.15. The summed E-state index contributed by atoms with van der Waals surface area (Å²) in [5.74, 6) is -4.35. The summed E-state index contributed by atoms with van der Waals surface area (Å²) in [6.07, 6.45) is 10.7. The number of anilines is 6. The van der Waals surface area contributed by atoms with E-state index in [1.807, 2.05) is 11.0 Å². The van der Waals surface area contributed by atoms with E-state index in [0.717, 1.165) is 50.9 Å². The summed E-state index contributed by atoms with van der Waals surface area (Å²) in [4.78, 5) is 102. The van der Waals surface area contributed by atoms with Gasteiger partial charge in [0.05, 0.1) is 60.9 Å². The van der Waals surface area contributed by atoms with E-state index in [1.54, 1.807) is 98.9 Å². The van der Waals surface area contributed by atoms with Gasteiger partial charge in [0.15, 0.2) is 24.8 Å². The Balaban J connectivity index is 0.689. The van der Waals surface area contributed by atoms with Crippen molar-refractivity contribution in [3.8, 4) is 0 Å². The molecule has 0 bridgehead atoms. The Morgan fingerprint density at radius 3 is 1.58 bits per heavy atom. The van der Waals surface area contributed by atoms with E-state index >= 15 is 0 Å². The van der Waals surface area contributed by atoms with E-state index < -0.39 is 49.6 Å². The van der Waals surface area contributed by atoms with Gasteiger partial charge in [0, 0.05) is 92.8 Å². The van der Waals surface area contributed by atoms with Crippen LogP contribution in [0.2, 0.25) is 0 Å². The van der Waals surface area contributed by atoms with Crippen molar-refractivity contribution in [2.45, 2.75) is 96.2 Å². The van der Waals surface area contributed by atoms with Crippen LogP contribution in [0.5, 0.6) is 0 Å². The molecule has 4 heterocycles. The molecular weight excluding hydrogens is 1330 g/mol. The average Bonchev–Trinajstić information content (AvgIpc) is 0.794. The highest BCUT2D eigenvalue weighted by Crippen LogP contribution is 2.31. The number of aryl methyl sites for hydroxylation is 2. The third kappa shape index (κ3) is 23.2. The number of morpholine rings is 2. The van der Waals surface area contributed by atoms with Crippen LogP contribution in [0.1, 0.15) is 77.2 Å². The lowest BCUT2D eigenvalue weighted by Gasteiger charge is -2.31. The molecule has 7 amide bonds. The zero-order valence-electron chi connectivity index (χ0n) is 56.9. The number of nitrogens with one attached hydrogen (secondary N) is 11. The van der Waals surface area contributed by atoms with Crippen LogP contribution < -0.4 is 67.0 Å². The highest BCUT2D eigenvalue weighted by atomic mass is 32.2.